The normalized spacial score (nSPS) is 16.2. The van der Waals surface area contributed by atoms with Crippen LogP contribution in [0.25, 0.3) is 6.08 Å². The van der Waals surface area contributed by atoms with Gasteiger partial charge in [-0.2, -0.15) is 10.1 Å². The number of nitrogens with zero attached hydrogens (tertiary/aromatic N) is 2. The lowest BCUT2D eigenvalue weighted by Crippen LogP contribution is -2.21. The number of carbonyl (C=O) groups excluding carboxylic acids is 1. The van der Waals surface area contributed by atoms with Crippen molar-refractivity contribution in [3.8, 4) is 0 Å². The second-order valence-electron chi connectivity index (χ2n) is 4.98. The second-order valence-corrected chi connectivity index (χ2v) is 5.79. The Morgan fingerprint density at radius 2 is 1.87 bits per heavy atom. The summed E-state index contributed by atoms with van der Waals surface area (Å²) in [7, 11) is 0. The zero-order valence-corrected chi connectivity index (χ0v) is 13.6. The third-order valence-corrected chi connectivity index (χ3v) is 4.15. The van der Waals surface area contributed by atoms with Crippen molar-refractivity contribution in [2.24, 2.45) is 5.10 Å². The van der Waals surface area contributed by atoms with Crippen molar-refractivity contribution in [3.05, 3.63) is 69.5 Å². The molecular weight excluding hydrogens is 338 g/mol. The van der Waals surface area contributed by atoms with E-state index >= 15 is 0 Å². The Balaban J connectivity index is 1.98. The van der Waals surface area contributed by atoms with Crippen molar-refractivity contribution < 1.29 is 9.18 Å². The molecule has 0 atom stereocenters. The first-order valence-corrected chi connectivity index (χ1v) is 7.54. The summed E-state index contributed by atoms with van der Waals surface area (Å²) in [5.74, 6) is -0.738. The molecule has 0 spiro atoms. The van der Waals surface area contributed by atoms with Crippen molar-refractivity contribution in [3.63, 3.8) is 0 Å². The molecule has 1 amide bonds. The zero-order chi connectivity index (χ0) is 16.6. The summed E-state index contributed by atoms with van der Waals surface area (Å²) in [6.07, 6.45) is 1.49. The van der Waals surface area contributed by atoms with Gasteiger partial charge in [0.05, 0.1) is 27.0 Å². The first-order valence-electron chi connectivity index (χ1n) is 6.78. The van der Waals surface area contributed by atoms with Crippen LogP contribution >= 0.6 is 23.2 Å². The van der Waals surface area contributed by atoms with E-state index in [0.717, 1.165) is 0 Å². The monoisotopic (exact) mass is 348 g/mol. The van der Waals surface area contributed by atoms with Crippen LogP contribution in [0, 0.1) is 5.82 Å². The molecule has 1 aliphatic rings. The molecular formula is C17H11Cl2FN2O. The fraction of sp³-hybridized carbons (Fsp3) is 0.0588. The number of hydrogen-bond donors (Lipinski definition) is 0. The quantitative estimate of drug-likeness (QED) is 0.707. The molecule has 0 aliphatic carbocycles. The molecule has 6 heteroatoms. The van der Waals surface area contributed by atoms with Gasteiger partial charge in [-0.25, -0.2) is 4.39 Å². The van der Waals surface area contributed by atoms with Crippen molar-refractivity contribution in [2.75, 3.05) is 5.01 Å². The van der Waals surface area contributed by atoms with Gasteiger partial charge in [-0.05, 0) is 37.3 Å². The zero-order valence-electron chi connectivity index (χ0n) is 12.1. The molecule has 0 aromatic heterocycles. The van der Waals surface area contributed by atoms with Gasteiger partial charge >= 0.3 is 0 Å². The van der Waals surface area contributed by atoms with Crippen LogP contribution in [0.2, 0.25) is 10.0 Å². The summed E-state index contributed by atoms with van der Waals surface area (Å²) >= 11 is 11.9. The molecule has 116 valence electrons. The minimum atomic E-state index is -0.395. The summed E-state index contributed by atoms with van der Waals surface area (Å²) in [4.78, 5) is 12.6. The van der Waals surface area contributed by atoms with Crippen molar-refractivity contribution in [2.45, 2.75) is 6.92 Å². The van der Waals surface area contributed by atoms with Crippen LogP contribution < -0.4 is 5.01 Å². The van der Waals surface area contributed by atoms with Crippen LogP contribution in [0.5, 0.6) is 0 Å². The van der Waals surface area contributed by atoms with Gasteiger partial charge in [-0.15, -0.1) is 0 Å². The average molecular weight is 349 g/mol. The molecule has 2 aromatic carbocycles. The van der Waals surface area contributed by atoms with E-state index in [1.54, 1.807) is 43.3 Å². The summed E-state index contributed by atoms with van der Waals surface area (Å²) in [5, 5.41) is 6.18. The Bertz CT molecular complexity index is 861. The van der Waals surface area contributed by atoms with E-state index in [1.165, 1.54) is 17.2 Å². The van der Waals surface area contributed by atoms with Crippen LogP contribution in [0.15, 0.2) is 53.1 Å². The van der Waals surface area contributed by atoms with Gasteiger partial charge in [-0.1, -0.05) is 41.4 Å². The van der Waals surface area contributed by atoms with E-state index in [1.807, 2.05) is 0 Å². The number of amides is 1. The maximum atomic E-state index is 13.8. The van der Waals surface area contributed by atoms with Crippen LogP contribution in [0.4, 0.5) is 10.1 Å². The third kappa shape index (κ3) is 3.00. The average Bonchev–Trinajstić information content (AvgIpc) is 2.80. The van der Waals surface area contributed by atoms with Crippen LogP contribution in [0.1, 0.15) is 12.5 Å². The highest BCUT2D eigenvalue weighted by Crippen LogP contribution is 2.31. The van der Waals surface area contributed by atoms with Gasteiger partial charge < -0.3 is 0 Å². The molecule has 0 N–H and O–H groups in total. The molecule has 0 saturated carbocycles. The Labute approximate surface area is 142 Å². The number of halogens is 3. The minimum absolute atomic E-state index is 0.330. The molecule has 1 heterocycles. The molecule has 0 radical (unpaired) electrons. The van der Waals surface area contributed by atoms with E-state index in [-0.39, 0.29) is 5.91 Å². The number of hydrogen-bond acceptors (Lipinski definition) is 2. The number of benzene rings is 2. The van der Waals surface area contributed by atoms with Gasteiger partial charge in [0, 0.05) is 5.56 Å². The predicted octanol–water partition coefficient (Wildman–Crippen LogP) is 4.94. The predicted molar refractivity (Wildman–Crippen MR) is 91.4 cm³/mol. The highest BCUT2D eigenvalue weighted by molar-refractivity contribution is 6.42. The Morgan fingerprint density at radius 1 is 1.13 bits per heavy atom. The lowest BCUT2D eigenvalue weighted by molar-refractivity contribution is -0.114. The van der Waals surface area contributed by atoms with Gasteiger partial charge in [-0.3, -0.25) is 4.79 Å². The van der Waals surface area contributed by atoms with Crippen LogP contribution in [-0.4, -0.2) is 11.6 Å². The highest BCUT2D eigenvalue weighted by atomic mass is 35.5. The lowest BCUT2D eigenvalue weighted by Gasteiger charge is -2.12. The molecule has 0 bridgehead atoms. The number of anilines is 1. The van der Waals surface area contributed by atoms with Gasteiger partial charge in [0.25, 0.3) is 5.91 Å². The SMILES string of the molecule is CC1=NN(c2ccc(Cl)c(Cl)c2)C(=O)C1=Cc1ccccc1F. The van der Waals surface area contributed by atoms with E-state index in [2.05, 4.69) is 5.10 Å². The molecule has 0 saturated heterocycles. The molecule has 1 aliphatic heterocycles. The van der Waals surface area contributed by atoms with Crippen LogP contribution in [-0.2, 0) is 4.79 Å². The molecule has 0 fully saturated rings. The van der Waals surface area contributed by atoms with Gasteiger partial charge in [0.15, 0.2) is 0 Å². The largest absolute Gasteiger partial charge is 0.280 e. The first-order chi connectivity index (χ1) is 11.0. The summed E-state index contributed by atoms with van der Waals surface area (Å²) in [5.41, 5.74) is 1.67. The number of hydrazone groups is 1. The Hall–Kier alpha value is -2.17. The summed E-state index contributed by atoms with van der Waals surface area (Å²) in [6, 6.07) is 11.0. The Morgan fingerprint density at radius 3 is 2.57 bits per heavy atom. The third-order valence-electron chi connectivity index (χ3n) is 3.42. The van der Waals surface area contributed by atoms with Crippen LogP contribution in [0.3, 0.4) is 0 Å². The molecule has 2 aromatic rings. The first kappa shape index (κ1) is 15.7. The van der Waals surface area contributed by atoms with Gasteiger partial charge in [0.1, 0.15) is 5.82 Å². The summed E-state index contributed by atoms with van der Waals surface area (Å²) in [6.45, 7) is 1.70. The van der Waals surface area contributed by atoms with Crippen molar-refractivity contribution in [1.82, 2.24) is 0 Å². The topological polar surface area (TPSA) is 32.7 Å². The molecule has 23 heavy (non-hydrogen) atoms. The number of carbonyl (C=O) groups is 1. The standard InChI is InChI=1S/C17H11Cl2FN2O/c1-10-13(8-11-4-2-3-5-16(11)20)17(23)22(21-10)12-6-7-14(18)15(19)9-12/h2-9H,1H3. The van der Waals surface area contributed by atoms with Gasteiger partial charge in [0.2, 0.25) is 0 Å². The van der Waals surface area contributed by atoms with E-state index in [0.29, 0.717) is 32.6 Å². The van der Waals surface area contributed by atoms with Crippen molar-refractivity contribution in [1.29, 1.82) is 0 Å². The molecule has 0 unspecified atom stereocenters. The Kier molecular flexibility index (Phi) is 4.20. The maximum Gasteiger partial charge on any atom is 0.280 e. The lowest BCUT2D eigenvalue weighted by atomic mass is 10.1. The molecule has 3 rings (SSSR count). The fourth-order valence-corrected chi connectivity index (χ4v) is 2.52. The maximum absolute atomic E-state index is 13.8. The minimum Gasteiger partial charge on any atom is -0.267 e. The van der Waals surface area contributed by atoms with Crippen molar-refractivity contribution >= 4 is 46.6 Å². The van der Waals surface area contributed by atoms with E-state index in [9.17, 15) is 9.18 Å². The van der Waals surface area contributed by atoms with E-state index in [4.69, 9.17) is 23.2 Å². The fourth-order valence-electron chi connectivity index (χ4n) is 2.22. The molecule has 3 nitrogen and oxygen atoms in total. The second kappa shape index (κ2) is 6.14. The number of rotatable bonds is 2. The smallest absolute Gasteiger partial charge is 0.267 e. The van der Waals surface area contributed by atoms with E-state index < -0.39 is 5.82 Å². The highest BCUT2D eigenvalue weighted by Gasteiger charge is 2.29. The summed E-state index contributed by atoms with van der Waals surface area (Å²) < 4.78 is 13.8.